The zero-order valence-corrected chi connectivity index (χ0v) is 8.02. The van der Waals surface area contributed by atoms with E-state index in [2.05, 4.69) is 29.0 Å². The molecule has 2 heteroatoms. The van der Waals surface area contributed by atoms with Gasteiger partial charge in [-0.2, -0.15) is 10.9 Å². The van der Waals surface area contributed by atoms with E-state index < -0.39 is 0 Å². The fraction of sp³-hybridized carbons (Fsp3) is 0. The molecule has 0 aromatic heterocycles. The van der Waals surface area contributed by atoms with E-state index in [1.165, 1.54) is 4.90 Å². The van der Waals surface area contributed by atoms with Crippen LogP contribution in [-0.4, -0.2) is 0 Å². The Hall–Kier alpha value is -0.660. The Morgan fingerprint density at radius 3 is 2.67 bits per heavy atom. The monoisotopic (exact) mass is 195 g/mol. The lowest BCUT2D eigenvalue weighted by Crippen LogP contribution is -1.75. The lowest BCUT2D eigenvalue weighted by Gasteiger charge is -2.11. The highest BCUT2D eigenvalue weighted by Crippen LogP contribution is 2.44. The van der Waals surface area contributed by atoms with Gasteiger partial charge in [-0.1, -0.05) is 29.8 Å². The van der Waals surface area contributed by atoms with Gasteiger partial charge in [-0.3, -0.25) is 0 Å². The minimum absolute atomic E-state index is 0.274. The standard InChI is InChI=1S/C10H8ClS/c11-9-5-1-2-6-10(9)12-7-3-4-8-12/h2-8,12H. The van der Waals surface area contributed by atoms with Crippen LogP contribution in [0.5, 0.6) is 0 Å². The summed E-state index contributed by atoms with van der Waals surface area (Å²) in [4.78, 5) is 1.22. The topological polar surface area (TPSA) is 0 Å². The van der Waals surface area contributed by atoms with Crippen molar-refractivity contribution in [3.05, 3.63) is 52.3 Å². The Morgan fingerprint density at radius 1 is 1.25 bits per heavy atom. The van der Waals surface area contributed by atoms with Gasteiger partial charge in [0.2, 0.25) is 0 Å². The summed E-state index contributed by atoms with van der Waals surface area (Å²) < 4.78 is 0. The van der Waals surface area contributed by atoms with E-state index in [9.17, 15) is 0 Å². The molecule has 0 nitrogen and oxygen atoms in total. The van der Waals surface area contributed by atoms with E-state index in [-0.39, 0.29) is 10.9 Å². The molecule has 1 aromatic rings. The molecule has 0 spiro atoms. The predicted octanol–water partition coefficient (Wildman–Crippen LogP) is 3.54. The Bertz CT molecular complexity index is 329. The van der Waals surface area contributed by atoms with Crippen LogP contribution in [0.3, 0.4) is 0 Å². The molecule has 1 aliphatic rings. The zero-order chi connectivity index (χ0) is 8.39. The number of hydrogen-bond acceptors (Lipinski definition) is 0. The third-order valence-corrected chi connectivity index (χ3v) is 4.05. The lowest BCUT2D eigenvalue weighted by atomic mass is 10.4. The van der Waals surface area contributed by atoms with Crippen molar-refractivity contribution in [2.45, 2.75) is 4.90 Å². The third-order valence-electron chi connectivity index (χ3n) is 1.67. The van der Waals surface area contributed by atoms with Gasteiger partial charge in [-0.05, 0) is 29.0 Å². The maximum absolute atomic E-state index is 6.02. The number of benzene rings is 1. The molecule has 0 N–H and O–H groups in total. The van der Waals surface area contributed by atoms with Crippen LogP contribution >= 0.6 is 22.5 Å². The van der Waals surface area contributed by atoms with Crippen molar-refractivity contribution in [1.82, 2.24) is 0 Å². The van der Waals surface area contributed by atoms with Crippen LogP contribution in [0.4, 0.5) is 0 Å². The molecule has 0 amide bonds. The van der Waals surface area contributed by atoms with Crippen LogP contribution in [0.1, 0.15) is 0 Å². The average molecular weight is 196 g/mol. The number of halogens is 1. The van der Waals surface area contributed by atoms with Crippen molar-refractivity contribution in [2.75, 3.05) is 0 Å². The van der Waals surface area contributed by atoms with Gasteiger partial charge in [0.25, 0.3) is 0 Å². The smallest absolute Gasteiger partial charge is 0.0536 e. The normalized spacial score (nSPS) is 17.2. The quantitative estimate of drug-likeness (QED) is 0.652. The van der Waals surface area contributed by atoms with Gasteiger partial charge >= 0.3 is 0 Å². The van der Waals surface area contributed by atoms with E-state index >= 15 is 0 Å². The van der Waals surface area contributed by atoms with Crippen LogP contribution in [0, 0.1) is 6.07 Å². The highest BCUT2D eigenvalue weighted by atomic mass is 35.5. The molecule has 1 heterocycles. The summed E-state index contributed by atoms with van der Waals surface area (Å²) in [6.07, 6.45) is 4.14. The molecule has 0 unspecified atom stereocenters. The van der Waals surface area contributed by atoms with Gasteiger partial charge in [0, 0.05) is 4.90 Å². The van der Waals surface area contributed by atoms with Crippen molar-refractivity contribution >= 4 is 22.5 Å². The molecule has 12 heavy (non-hydrogen) atoms. The molecule has 61 valence electrons. The second-order valence-electron chi connectivity index (χ2n) is 2.47. The van der Waals surface area contributed by atoms with E-state index in [0.717, 1.165) is 5.02 Å². The van der Waals surface area contributed by atoms with Gasteiger partial charge in [-0.15, -0.1) is 0 Å². The summed E-state index contributed by atoms with van der Waals surface area (Å²) in [5, 5.41) is 5.20. The molecule has 0 bridgehead atoms. The highest BCUT2D eigenvalue weighted by molar-refractivity contribution is 8.22. The molecular formula is C10H8ClS. The first-order valence-electron chi connectivity index (χ1n) is 3.67. The second-order valence-corrected chi connectivity index (χ2v) is 4.77. The number of allylic oxidation sites excluding steroid dienone is 2. The Morgan fingerprint density at radius 2 is 2.00 bits per heavy atom. The molecule has 1 aliphatic heterocycles. The number of thiol groups is 1. The summed E-state index contributed by atoms with van der Waals surface area (Å²) >= 11 is 6.02. The van der Waals surface area contributed by atoms with E-state index in [4.69, 9.17) is 11.6 Å². The maximum Gasteiger partial charge on any atom is 0.0536 e. The van der Waals surface area contributed by atoms with Gasteiger partial charge in [-0.25, -0.2) is 0 Å². The summed E-state index contributed by atoms with van der Waals surface area (Å²) in [6, 6.07) is 8.72. The molecule has 1 radical (unpaired) electrons. The molecule has 1 aromatic carbocycles. The van der Waals surface area contributed by atoms with Crippen molar-refractivity contribution in [2.24, 2.45) is 0 Å². The first-order chi connectivity index (χ1) is 5.88. The van der Waals surface area contributed by atoms with E-state index in [0.29, 0.717) is 0 Å². The molecule has 0 atom stereocenters. The Kier molecular flexibility index (Phi) is 2.24. The number of hydrogen-bond donors (Lipinski definition) is 1. The fourth-order valence-electron chi connectivity index (χ4n) is 1.11. The minimum atomic E-state index is -0.274. The maximum atomic E-state index is 6.02. The van der Waals surface area contributed by atoms with Crippen molar-refractivity contribution < 1.29 is 0 Å². The van der Waals surface area contributed by atoms with Crippen LogP contribution in [0.25, 0.3) is 0 Å². The zero-order valence-electron chi connectivity index (χ0n) is 6.37. The number of rotatable bonds is 1. The van der Waals surface area contributed by atoms with E-state index in [1.54, 1.807) is 0 Å². The molecule has 0 fully saturated rings. The first kappa shape index (κ1) is 7.96. The predicted molar refractivity (Wildman–Crippen MR) is 55.8 cm³/mol. The minimum Gasteiger partial charge on any atom is -0.185 e. The van der Waals surface area contributed by atoms with Crippen molar-refractivity contribution in [1.29, 1.82) is 0 Å². The Balaban J connectivity index is 2.39. The molecule has 0 aliphatic carbocycles. The lowest BCUT2D eigenvalue weighted by molar-refractivity contribution is 1.46. The average Bonchev–Trinajstić information content (AvgIpc) is 2.57. The molecule has 0 saturated carbocycles. The van der Waals surface area contributed by atoms with Crippen LogP contribution < -0.4 is 0 Å². The molecule has 0 saturated heterocycles. The third kappa shape index (κ3) is 1.43. The van der Waals surface area contributed by atoms with Crippen LogP contribution in [0.2, 0.25) is 5.02 Å². The molecule has 2 rings (SSSR count). The molecular weight excluding hydrogens is 188 g/mol. The summed E-state index contributed by atoms with van der Waals surface area (Å²) in [7, 11) is -0.274. The summed E-state index contributed by atoms with van der Waals surface area (Å²) in [6.45, 7) is 0. The van der Waals surface area contributed by atoms with Crippen LogP contribution in [0.15, 0.2) is 46.1 Å². The summed E-state index contributed by atoms with van der Waals surface area (Å²) in [5.41, 5.74) is 0. The Labute approximate surface area is 79.9 Å². The first-order valence-corrected chi connectivity index (χ1v) is 5.52. The van der Waals surface area contributed by atoms with Crippen molar-refractivity contribution in [3.8, 4) is 0 Å². The largest absolute Gasteiger partial charge is 0.185 e. The van der Waals surface area contributed by atoms with Gasteiger partial charge in [0.1, 0.15) is 0 Å². The van der Waals surface area contributed by atoms with Gasteiger partial charge < -0.3 is 0 Å². The second kappa shape index (κ2) is 3.38. The summed E-state index contributed by atoms with van der Waals surface area (Å²) in [5.74, 6) is 0. The fourth-order valence-corrected chi connectivity index (χ4v) is 3.07. The van der Waals surface area contributed by atoms with Crippen molar-refractivity contribution in [3.63, 3.8) is 0 Å². The van der Waals surface area contributed by atoms with Gasteiger partial charge in [0.15, 0.2) is 0 Å². The van der Waals surface area contributed by atoms with Crippen LogP contribution in [-0.2, 0) is 0 Å². The SMILES string of the molecule is Clc1c[c]ccc1[SH]1C=CC=C1. The highest BCUT2D eigenvalue weighted by Gasteiger charge is 2.05. The van der Waals surface area contributed by atoms with Gasteiger partial charge in [0.05, 0.1) is 5.02 Å². The van der Waals surface area contributed by atoms with E-state index in [1.807, 2.05) is 18.2 Å².